The van der Waals surface area contributed by atoms with Crippen LogP contribution in [-0.2, 0) is 9.53 Å². The molecular formula is C12H23NO2. The van der Waals surface area contributed by atoms with Crippen molar-refractivity contribution in [3.63, 3.8) is 0 Å². The van der Waals surface area contributed by atoms with Crippen molar-refractivity contribution >= 4 is 5.78 Å². The zero-order chi connectivity index (χ0) is 10.9. The van der Waals surface area contributed by atoms with Gasteiger partial charge in [-0.3, -0.25) is 4.79 Å². The predicted molar refractivity (Wildman–Crippen MR) is 61.0 cm³/mol. The average molecular weight is 213 g/mol. The minimum Gasteiger partial charge on any atom is -0.374 e. The van der Waals surface area contributed by atoms with Crippen LogP contribution in [0.15, 0.2) is 0 Å². The van der Waals surface area contributed by atoms with Gasteiger partial charge < -0.3 is 10.1 Å². The van der Waals surface area contributed by atoms with Gasteiger partial charge in [-0.1, -0.05) is 13.3 Å². The molecule has 1 saturated heterocycles. The van der Waals surface area contributed by atoms with Crippen molar-refractivity contribution in [3.05, 3.63) is 0 Å². The average Bonchev–Trinajstić information content (AvgIpc) is 2.28. The van der Waals surface area contributed by atoms with E-state index in [0.29, 0.717) is 25.7 Å². The monoisotopic (exact) mass is 213 g/mol. The molecule has 0 amide bonds. The van der Waals surface area contributed by atoms with Crippen LogP contribution in [0.5, 0.6) is 0 Å². The van der Waals surface area contributed by atoms with E-state index >= 15 is 0 Å². The molecule has 1 N–H and O–H groups in total. The highest BCUT2D eigenvalue weighted by atomic mass is 16.5. The number of piperidine rings is 1. The van der Waals surface area contributed by atoms with Gasteiger partial charge in [0.15, 0.2) is 5.78 Å². The fraction of sp³-hybridized carbons (Fsp3) is 0.917. The van der Waals surface area contributed by atoms with Crippen molar-refractivity contribution in [2.75, 3.05) is 19.8 Å². The molecule has 1 rings (SSSR count). The Morgan fingerprint density at radius 2 is 2.33 bits per heavy atom. The number of nitrogens with one attached hydrogen (secondary N) is 1. The van der Waals surface area contributed by atoms with E-state index in [4.69, 9.17) is 4.74 Å². The molecule has 88 valence electrons. The number of carbonyl (C=O) groups is 1. The van der Waals surface area contributed by atoms with Gasteiger partial charge in [0.05, 0.1) is 0 Å². The van der Waals surface area contributed by atoms with Crippen LogP contribution in [0.1, 0.15) is 45.4 Å². The Hall–Kier alpha value is -0.410. The molecule has 3 nitrogen and oxygen atoms in total. The molecule has 0 aliphatic carbocycles. The maximum absolute atomic E-state index is 11.4. The summed E-state index contributed by atoms with van der Waals surface area (Å²) in [6.45, 7) is 4.18. The number of ketones is 1. The van der Waals surface area contributed by atoms with Gasteiger partial charge in [-0.2, -0.15) is 0 Å². The molecule has 0 aromatic heterocycles. The summed E-state index contributed by atoms with van der Waals surface area (Å²) < 4.78 is 5.21. The molecule has 1 fully saturated rings. The lowest BCUT2D eigenvalue weighted by Crippen LogP contribution is -2.34. The van der Waals surface area contributed by atoms with Gasteiger partial charge in [0, 0.05) is 19.1 Å². The third-order valence-corrected chi connectivity index (χ3v) is 2.80. The lowest BCUT2D eigenvalue weighted by Gasteiger charge is -2.22. The zero-order valence-corrected chi connectivity index (χ0v) is 9.76. The molecule has 0 aromatic rings. The lowest BCUT2D eigenvalue weighted by atomic mass is 9.99. The van der Waals surface area contributed by atoms with Gasteiger partial charge in [0.1, 0.15) is 6.61 Å². The smallest absolute Gasteiger partial charge is 0.158 e. The highest BCUT2D eigenvalue weighted by molar-refractivity contribution is 5.79. The number of ether oxygens (including phenoxy) is 1. The standard InChI is InChI=1S/C12H23NO2/c1-2-9-15-10-12(14)7-6-11-5-3-4-8-13-11/h11,13H,2-10H2,1H3. The number of hydrogen-bond acceptors (Lipinski definition) is 3. The predicted octanol–water partition coefficient (Wildman–Crippen LogP) is 1.90. The van der Waals surface area contributed by atoms with E-state index in [0.717, 1.165) is 19.4 Å². The second-order valence-corrected chi connectivity index (χ2v) is 4.28. The van der Waals surface area contributed by atoms with Crippen LogP contribution in [0.25, 0.3) is 0 Å². The van der Waals surface area contributed by atoms with E-state index in [9.17, 15) is 4.79 Å². The minimum atomic E-state index is 0.246. The van der Waals surface area contributed by atoms with E-state index in [1.54, 1.807) is 0 Å². The van der Waals surface area contributed by atoms with Crippen LogP contribution in [0.3, 0.4) is 0 Å². The van der Waals surface area contributed by atoms with Crippen molar-refractivity contribution in [2.45, 2.75) is 51.5 Å². The fourth-order valence-corrected chi connectivity index (χ4v) is 1.91. The maximum atomic E-state index is 11.4. The first-order valence-corrected chi connectivity index (χ1v) is 6.15. The summed E-state index contributed by atoms with van der Waals surface area (Å²) in [4.78, 5) is 11.4. The first-order chi connectivity index (χ1) is 7.33. The Morgan fingerprint density at radius 3 is 3.00 bits per heavy atom. The summed E-state index contributed by atoms with van der Waals surface area (Å²) in [5.41, 5.74) is 0. The summed E-state index contributed by atoms with van der Waals surface area (Å²) in [7, 11) is 0. The number of hydrogen-bond donors (Lipinski definition) is 1. The van der Waals surface area contributed by atoms with Gasteiger partial charge in [-0.05, 0) is 32.2 Å². The molecule has 1 aliphatic rings. The molecule has 1 heterocycles. The van der Waals surface area contributed by atoms with Crippen LogP contribution < -0.4 is 5.32 Å². The van der Waals surface area contributed by atoms with Crippen LogP contribution in [0.2, 0.25) is 0 Å². The van der Waals surface area contributed by atoms with Crippen LogP contribution >= 0.6 is 0 Å². The third kappa shape index (κ3) is 5.90. The van der Waals surface area contributed by atoms with Gasteiger partial charge in [-0.25, -0.2) is 0 Å². The molecule has 0 bridgehead atoms. The van der Waals surface area contributed by atoms with Gasteiger partial charge in [0.2, 0.25) is 0 Å². The molecule has 0 aromatic carbocycles. The summed E-state index contributed by atoms with van der Waals surface area (Å²) in [6, 6.07) is 0.564. The Bertz CT molecular complexity index is 176. The van der Waals surface area contributed by atoms with Gasteiger partial charge >= 0.3 is 0 Å². The minimum absolute atomic E-state index is 0.246. The Kier molecular flexibility index (Phi) is 6.60. The highest BCUT2D eigenvalue weighted by Crippen LogP contribution is 2.11. The topological polar surface area (TPSA) is 38.3 Å². The van der Waals surface area contributed by atoms with Crippen LogP contribution in [-0.4, -0.2) is 31.6 Å². The van der Waals surface area contributed by atoms with Crippen molar-refractivity contribution in [3.8, 4) is 0 Å². The zero-order valence-electron chi connectivity index (χ0n) is 9.76. The molecule has 15 heavy (non-hydrogen) atoms. The SMILES string of the molecule is CCCOCC(=O)CCC1CCCCN1. The molecule has 1 atom stereocenters. The second kappa shape index (κ2) is 7.83. The van der Waals surface area contributed by atoms with Gasteiger partial charge in [0.25, 0.3) is 0 Å². The molecule has 0 radical (unpaired) electrons. The number of rotatable bonds is 7. The fourth-order valence-electron chi connectivity index (χ4n) is 1.91. The molecule has 0 spiro atoms. The summed E-state index contributed by atoms with van der Waals surface area (Å²) in [6.07, 6.45) is 6.44. The van der Waals surface area contributed by atoms with E-state index in [1.165, 1.54) is 19.3 Å². The van der Waals surface area contributed by atoms with E-state index in [2.05, 4.69) is 12.2 Å². The summed E-state index contributed by atoms with van der Waals surface area (Å²) >= 11 is 0. The molecule has 1 unspecified atom stereocenters. The van der Waals surface area contributed by atoms with Crippen molar-refractivity contribution in [1.29, 1.82) is 0 Å². The lowest BCUT2D eigenvalue weighted by molar-refractivity contribution is -0.123. The summed E-state index contributed by atoms with van der Waals surface area (Å²) in [5, 5.41) is 3.45. The van der Waals surface area contributed by atoms with E-state index in [1.807, 2.05) is 0 Å². The number of carbonyl (C=O) groups excluding carboxylic acids is 1. The molecule has 1 aliphatic heterocycles. The first kappa shape index (κ1) is 12.7. The quantitative estimate of drug-likeness (QED) is 0.656. The highest BCUT2D eigenvalue weighted by Gasteiger charge is 2.13. The van der Waals surface area contributed by atoms with Gasteiger partial charge in [-0.15, -0.1) is 0 Å². The largest absolute Gasteiger partial charge is 0.374 e. The van der Waals surface area contributed by atoms with E-state index in [-0.39, 0.29) is 5.78 Å². The molecular weight excluding hydrogens is 190 g/mol. The Balaban J connectivity index is 2.00. The second-order valence-electron chi connectivity index (χ2n) is 4.28. The summed E-state index contributed by atoms with van der Waals surface area (Å²) in [5.74, 6) is 0.246. The van der Waals surface area contributed by atoms with Crippen molar-refractivity contribution < 1.29 is 9.53 Å². The molecule has 3 heteroatoms. The van der Waals surface area contributed by atoms with Crippen LogP contribution in [0.4, 0.5) is 0 Å². The molecule has 0 saturated carbocycles. The normalized spacial score (nSPS) is 21.5. The van der Waals surface area contributed by atoms with Crippen molar-refractivity contribution in [1.82, 2.24) is 5.32 Å². The number of Topliss-reactive ketones (excluding diaryl/α,β-unsaturated/α-hetero) is 1. The Morgan fingerprint density at radius 1 is 1.47 bits per heavy atom. The van der Waals surface area contributed by atoms with Crippen molar-refractivity contribution in [2.24, 2.45) is 0 Å². The van der Waals surface area contributed by atoms with E-state index < -0.39 is 0 Å². The maximum Gasteiger partial charge on any atom is 0.158 e. The third-order valence-electron chi connectivity index (χ3n) is 2.80. The Labute approximate surface area is 92.6 Å². The van der Waals surface area contributed by atoms with Crippen LogP contribution in [0, 0.1) is 0 Å². The first-order valence-electron chi connectivity index (χ1n) is 6.15.